The van der Waals surface area contributed by atoms with Crippen LogP contribution in [0.5, 0.6) is 0 Å². The van der Waals surface area contributed by atoms with Crippen molar-refractivity contribution in [2.45, 2.75) is 64.3 Å². The molecule has 9 atom stereocenters. The summed E-state index contributed by atoms with van der Waals surface area (Å²) in [6.07, 6.45) is 0.160. The van der Waals surface area contributed by atoms with E-state index in [1.165, 1.54) is 0 Å². The molecule has 0 aromatic rings. The van der Waals surface area contributed by atoms with Gasteiger partial charge in [-0.1, -0.05) is 27.7 Å². The van der Waals surface area contributed by atoms with Crippen molar-refractivity contribution in [1.82, 2.24) is 0 Å². The van der Waals surface area contributed by atoms with Gasteiger partial charge in [0.05, 0.1) is 11.3 Å². The van der Waals surface area contributed by atoms with Crippen molar-refractivity contribution in [1.29, 1.82) is 0 Å². The molecular weight excluding hydrogens is 320 g/mol. The minimum atomic E-state index is -1.14. The summed E-state index contributed by atoms with van der Waals surface area (Å²) < 4.78 is 18.0. The lowest BCUT2D eigenvalue weighted by molar-refractivity contribution is -0.409. The first-order valence-corrected chi connectivity index (χ1v) is 8.97. The van der Waals surface area contributed by atoms with Crippen molar-refractivity contribution in [3.05, 3.63) is 0 Å². The highest BCUT2D eigenvalue weighted by Crippen LogP contribution is 2.84. The summed E-state index contributed by atoms with van der Waals surface area (Å²) in [7, 11) is 0. The van der Waals surface area contributed by atoms with E-state index >= 15 is 0 Å². The average molecular weight is 343 g/mol. The fourth-order valence-electron chi connectivity index (χ4n) is 6.93. The Labute approximate surface area is 140 Å². The largest absolute Gasteiger partial charge is 0.430 e. The van der Waals surface area contributed by atoms with Crippen LogP contribution in [-0.4, -0.2) is 34.8 Å². The van der Waals surface area contributed by atoms with Crippen LogP contribution < -0.4 is 0 Å². The van der Waals surface area contributed by atoms with Crippen molar-refractivity contribution >= 4 is 17.6 Å². The van der Waals surface area contributed by atoms with Gasteiger partial charge in [-0.15, -0.1) is 11.6 Å². The Balaban J connectivity index is 1.84. The van der Waals surface area contributed by atoms with Gasteiger partial charge >= 0.3 is 5.97 Å². The van der Waals surface area contributed by atoms with Crippen LogP contribution in [0.4, 0.5) is 0 Å². The molecule has 5 fully saturated rings. The molecule has 0 amide bonds. The van der Waals surface area contributed by atoms with E-state index in [1.807, 2.05) is 0 Å². The number of halogens is 1. The second-order valence-corrected chi connectivity index (χ2v) is 9.34. The molecule has 2 saturated carbocycles. The molecule has 0 aromatic heterocycles. The summed E-state index contributed by atoms with van der Waals surface area (Å²) in [6, 6.07) is 0. The Hall–Kier alpha value is -0.360. The molecule has 23 heavy (non-hydrogen) atoms. The normalized spacial score (nSPS) is 64.7. The van der Waals surface area contributed by atoms with Gasteiger partial charge in [-0.05, 0) is 24.2 Å². The molecule has 1 N–H and O–H groups in total. The molecule has 1 spiro atoms. The third-order valence-corrected chi connectivity index (χ3v) is 9.09. The number of esters is 1. The summed E-state index contributed by atoms with van der Waals surface area (Å²) in [5.41, 5.74) is -1.23. The highest BCUT2D eigenvalue weighted by Gasteiger charge is 2.92. The van der Waals surface area contributed by atoms with Gasteiger partial charge in [0.25, 0.3) is 0 Å². The standard InChI is InChI=1S/C17H23ClO5/c1-7-5-6-16-9-8-11(19)21-13(15(8,4)14(16,2)3)23-17(16,10(7)18)22-12(9)20/h7-11,13,19H,5-6H2,1-4H3/t7-,8-,9+,10+,11?,13-,15-,16-,17+/m1/s1. The Morgan fingerprint density at radius 2 is 2.00 bits per heavy atom. The first-order chi connectivity index (χ1) is 10.6. The van der Waals surface area contributed by atoms with E-state index in [9.17, 15) is 9.90 Å². The lowest BCUT2D eigenvalue weighted by Gasteiger charge is -2.64. The number of ether oxygens (including phenoxy) is 3. The predicted molar refractivity (Wildman–Crippen MR) is 80.1 cm³/mol. The maximum Gasteiger partial charge on any atom is 0.312 e. The predicted octanol–water partition coefficient (Wildman–Crippen LogP) is 2.25. The molecule has 5 aliphatic rings. The third kappa shape index (κ3) is 1.11. The first kappa shape index (κ1) is 14.9. The van der Waals surface area contributed by atoms with Crippen LogP contribution in [0.1, 0.15) is 40.5 Å². The first-order valence-electron chi connectivity index (χ1n) is 8.53. The molecule has 3 aliphatic heterocycles. The second kappa shape index (κ2) is 3.74. The molecule has 5 nitrogen and oxygen atoms in total. The molecule has 3 saturated heterocycles. The van der Waals surface area contributed by atoms with E-state index in [0.29, 0.717) is 0 Å². The van der Waals surface area contributed by atoms with E-state index in [2.05, 4.69) is 27.7 Å². The van der Waals surface area contributed by atoms with Crippen LogP contribution in [0.25, 0.3) is 0 Å². The molecule has 0 aromatic carbocycles. The smallest absolute Gasteiger partial charge is 0.312 e. The molecule has 0 radical (unpaired) electrons. The zero-order valence-electron chi connectivity index (χ0n) is 13.8. The summed E-state index contributed by atoms with van der Waals surface area (Å²) in [5.74, 6) is -1.96. The molecular formula is C17H23ClO5. The van der Waals surface area contributed by atoms with E-state index in [4.69, 9.17) is 25.8 Å². The van der Waals surface area contributed by atoms with Gasteiger partial charge in [0.15, 0.2) is 12.6 Å². The number of hydrogen-bond donors (Lipinski definition) is 1. The number of carbonyl (C=O) groups excluding carboxylic acids is 1. The Kier molecular flexibility index (Phi) is 2.43. The Morgan fingerprint density at radius 1 is 1.30 bits per heavy atom. The zero-order valence-corrected chi connectivity index (χ0v) is 14.6. The average Bonchev–Trinajstić information content (AvgIpc) is 2.91. The highest BCUT2D eigenvalue weighted by atomic mass is 35.5. The quantitative estimate of drug-likeness (QED) is 0.540. The lowest BCUT2D eigenvalue weighted by Crippen LogP contribution is -2.71. The summed E-state index contributed by atoms with van der Waals surface area (Å²) >= 11 is 6.80. The van der Waals surface area contributed by atoms with E-state index in [1.54, 1.807) is 0 Å². The fraction of sp³-hybridized carbons (Fsp3) is 0.941. The minimum absolute atomic E-state index is 0.193. The maximum atomic E-state index is 12.9. The van der Waals surface area contributed by atoms with Gasteiger partial charge in [-0.2, -0.15) is 0 Å². The number of fused-ring (bicyclic) bond motifs is 1. The molecule has 2 bridgehead atoms. The van der Waals surface area contributed by atoms with Crippen LogP contribution >= 0.6 is 11.6 Å². The number of aliphatic hydroxyl groups excluding tert-OH is 1. The third-order valence-electron chi connectivity index (χ3n) is 8.37. The SMILES string of the molecule is C[C@@H]1CC[C@]23[C@@H]4C(=O)O[C@]2(O[C@H]2OC(O)[C@@H]4[C@@]2(C)C3(C)C)[C@H]1Cl. The molecule has 3 heterocycles. The zero-order chi connectivity index (χ0) is 16.6. The van der Waals surface area contributed by atoms with Crippen molar-refractivity contribution in [2.24, 2.45) is 34.0 Å². The molecule has 5 rings (SSSR count). The monoisotopic (exact) mass is 342 g/mol. The van der Waals surface area contributed by atoms with Crippen LogP contribution in [0.3, 0.4) is 0 Å². The van der Waals surface area contributed by atoms with Gasteiger partial charge in [-0.25, -0.2) is 0 Å². The number of rotatable bonds is 0. The van der Waals surface area contributed by atoms with Crippen LogP contribution in [0.2, 0.25) is 0 Å². The summed E-state index contributed by atoms with van der Waals surface area (Å²) in [5, 5.41) is 10.1. The van der Waals surface area contributed by atoms with Crippen molar-refractivity contribution in [3.63, 3.8) is 0 Å². The van der Waals surface area contributed by atoms with Gasteiger partial charge in [0, 0.05) is 11.3 Å². The van der Waals surface area contributed by atoms with Gasteiger partial charge in [-0.3, -0.25) is 4.79 Å². The highest BCUT2D eigenvalue weighted by molar-refractivity contribution is 6.22. The Morgan fingerprint density at radius 3 is 2.70 bits per heavy atom. The molecule has 6 heteroatoms. The van der Waals surface area contributed by atoms with Crippen LogP contribution in [-0.2, 0) is 19.0 Å². The number of carbonyl (C=O) groups is 1. The van der Waals surface area contributed by atoms with Gasteiger partial charge < -0.3 is 19.3 Å². The minimum Gasteiger partial charge on any atom is -0.430 e. The van der Waals surface area contributed by atoms with E-state index in [-0.39, 0.29) is 23.2 Å². The van der Waals surface area contributed by atoms with Crippen molar-refractivity contribution < 1.29 is 24.1 Å². The molecule has 1 unspecified atom stereocenters. The van der Waals surface area contributed by atoms with Crippen LogP contribution in [0.15, 0.2) is 0 Å². The number of alkyl halides is 1. The van der Waals surface area contributed by atoms with Crippen LogP contribution in [0, 0.1) is 34.0 Å². The number of aliphatic hydroxyl groups is 1. The van der Waals surface area contributed by atoms with Crippen molar-refractivity contribution in [3.8, 4) is 0 Å². The fourth-order valence-corrected chi connectivity index (χ4v) is 7.35. The van der Waals surface area contributed by atoms with E-state index < -0.39 is 40.5 Å². The topological polar surface area (TPSA) is 65.0 Å². The van der Waals surface area contributed by atoms with E-state index in [0.717, 1.165) is 12.8 Å². The second-order valence-electron chi connectivity index (χ2n) is 8.87. The lowest BCUT2D eigenvalue weighted by atomic mass is 9.48. The summed E-state index contributed by atoms with van der Waals surface area (Å²) in [6.45, 7) is 8.51. The Bertz CT molecular complexity index is 622. The van der Waals surface area contributed by atoms with Gasteiger partial charge in [0.2, 0.25) is 5.79 Å². The summed E-state index contributed by atoms with van der Waals surface area (Å²) in [4.78, 5) is 12.9. The molecule has 128 valence electrons. The van der Waals surface area contributed by atoms with Gasteiger partial charge in [0.1, 0.15) is 5.38 Å². The van der Waals surface area contributed by atoms with Crippen molar-refractivity contribution in [2.75, 3.05) is 0 Å². The maximum absolute atomic E-state index is 12.9. The number of hydrogen-bond acceptors (Lipinski definition) is 5. The molecule has 2 aliphatic carbocycles.